The van der Waals surface area contributed by atoms with E-state index in [2.05, 4.69) is 5.10 Å². The highest BCUT2D eigenvalue weighted by atomic mass is 19.3. The summed E-state index contributed by atoms with van der Waals surface area (Å²) in [4.78, 5) is 0. The van der Waals surface area contributed by atoms with Gasteiger partial charge in [-0.2, -0.15) is 5.10 Å². The Morgan fingerprint density at radius 2 is 2.22 bits per heavy atom. The van der Waals surface area contributed by atoms with Gasteiger partial charge in [0.1, 0.15) is 6.61 Å². The fraction of sp³-hybridized carbons (Fsp3) is 0.750. The van der Waals surface area contributed by atoms with E-state index >= 15 is 0 Å². The van der Waals surface area contributed by atoms with Crippen LogP contribution in [0.5, 0.6) is 0 Å². The van der Waals surface area contributed by atoms with Crippen LogP contribution in [0, 0.1) is 0 Å². The van der Waals surface area contributed by atoms with Crippen molar-refractivity contribution in [3.63, 3.8) is 0 Å². The first-order chi connectivity index (χ1) is 8.52. The van der Waals surface area contributed by atoms with E-state index in [0.717, 1.165) is 17.8 Å². The molecule has 0 aliphatic rings. The molecule has 1 unspecified atom stereocenters. The van der Waals surface area contributed by atoms with E-state index in [1.54, 1.807) is 0 Å². The lowest BCUT2D eigenvalue weighted by atomic mass is 10.1. The van der Waals surface area contributed by atoms with Crippen molar-refractivity contribution in [1.29, 1.82) is 0 Å². The standard InChI is InChI=1S/C12H21F2N3O/c1-3-10-7-11(17(2)16-10)6-9(15)4-5-18-8-12(13)14/h7,9,12H,3-6,8,15H2,1-2H3. The summed E-state index contributed by atoms with van der Waals surface area (Å²) in [6.07, 6.45) is -0.271. The quantitative estimate of drug-likeness (QED) is 0.722. The average Bonchev–Trinajstić information content (AvgIpc) is 2.65. The van der Waals surface area contributed by atoms with Crippen molar-refractivity contribution in [3.05, 3.63) is 17.5 Å². The molecule has 1 aromatic rings. The van der Waals surface area contributed by atoms with Crippen LogP contribution in [0.25, 0.3) is 0 Å². The van der Waals surface area contributed by atoms with Gasteiger partial charge in [-0.3, -0.25) is 4.68 Å². The third kappa shape index (κ3) is 5.10. The van der Waals surface area contributed by atoms with Crippen molar-refractivity contribution < 1.29 is 13.5 Å². The number of nitrogens with two attached hydrogens (primary N) is 1. The van der Waals surface area contributed by atoms with Gasteiger partial charge in [-0.25, -0.2) is 8.78 Å². The molecule has 0 amide bonds. The number of aryl methyl sites for hydroxylation is 2. The van der Waals surface area contributed by atoms with Crippen LogP contribution >= 0.6 is 0 Å². The number of rotatable bonds is 8. The second-order valence-electron chi connectivity index (χ2n) is 4.32. The van der Waals surface area contributed by atoms with E-state index in [0.29, 0.717) is 12.8 Å². The van der Waals surface area contributed by atoms with Gasteiger partial charge in [0.05, 0.1) is 5.69 Å². The van der Waals surface area contributed by atoms with Crippen molar-refractivity contribution in [1.82, 2.24) is 9.78 Å². The fourth-order valence-corrected chi connectivity index (χ4v) is 1.71. The molecule has 0 fully saturated rings. The van der Waals surface area contributed by atoms with Gasteiger partial charge in [0.15, 0.2) is 0 Å². The summed E-state index contributed by atoms with van der Waals surface area (Å²) >= 11 is 0. The molecular formula is C12H21F2N3O. The normalized spacial score (nSPS) is 13.2. The number of ether oxygens (including phenoxy) is 1. The lowest BCUT2D eigenvalue weighted by molar-refractivity contribution is 0.0152. The SMILES string of the molecule is CCc1cc(CC(N)CCOCC(F)F)n(C)n1. The van der Waals surface area contributed by atoms with E-state index < -0.39 is 13.0 Å². The Kier molecular flexibility index (Phi) is 6.21. The highest BCUT2D eigenvalue weighted by molar-refractivity contribution is 5.11. The predicted molar refractivity (Wildman–Crippen MR) is 65.7 cm³/mol. The van der Waals surface area contributed by atoms with Crippen molar-refractivity contribution >= 4 is 0 Å². The van der Waals surface area contributed by atoms with E-state index in [9.17, 15) is 8.78 Å². The van der Waals surface area contributed by atoms with Gasteiger partial charge in [-0.05, 0) is 18.9 Å². The molecule has 2 N–H and O–H groups in total. The van der Waals surface area contributed by atoms with Crippen LogP contribution in [0.1, 0.15) is 24.7 Å². The van der Waals surface area contributed by atoms with E-state index in [1.165, 1.54) is 0 Å². The smallest absolute Gasteiger partial charge is 0.261 e. The Morgan fingerprint density at radius 3 is 2.78 bits per heavy atom. The summed E-state index contributed by atoms with van der Waals surface area (Å²) in [6.45, 7) is 1.80. The summed E-state index contributed by atoms with van der Waals surface area (Å²) in [6, 6.07) is 1.93. The van der Waals surface area contributed by atoms with Gasteiger partial charge in [0.2, 0.25) is 0 Å². The molecule has 18 heavy (non-hydrogen) atoms. The van der Waals surface area contributed by atoms with Crippen molar-refractivity contribution in [2.75, 3.05) is 13.2 Å². The maximum atomic E-state index is 11.8. The Labute approximate surface area is 106 Å². The molecule has 6 heteroatoms. The molecule has 1 aromatic heterocycles. The van der Waals surface area contributed by atoms with Crippen LogP contribution in [-0.2, 0) is 24.6 Å². The maximum Gasteiger partial charge on any atom is 0.261 e. The molecule has 0 spiro atoms. The Balaban J connectivity index is 2.30. The number of nitrogens with zero attached hydrogens (tertiary/aromatic N) is 2. The van der Waals surface area contributed by atoms with Crippen molar-refractivity contribution in [2.45, 2.75) is 38.7 Å². The lowest BCUT2D eigenvalue weighted by Crippen LogP contribution is -2.26. The molecule has 4 nitrogen and oxygen atoms in total. The molecule has 1 atom stereocenters. The molecule has 0 saturated heterocycles. The summed E-state index contributed by atoms with van der Waals surface area (Å²) in [5.74, 6) is 0. The molecule has 0 aliphatic heterocycles. The molecule has 1 rings (SSSR count). The lowest BCUT2D eigenvalue weighted by Gasteiger charge is -2.11. The van der Waals surface area contributed by atoms with Gasteiger partial charge in [0, 0.05) is 31.8 Å². The molecule has 0 bridgehead atoms. The Morgan fingerprint density at radius 1 is 1.50 bits per heavy atom. The van der Waals surface area contributed by atoms with Gasteiger partial charge in [-0.1, -0.05) is 6.92 Å². The van der Waals surface area contributed by atoms with Crippen LogP contribution in [0.3, 0.4) is 0 Å². The van der Waals surface area contributed by atoms with Crippen LogP contribution in [-0.4, -0.2) is 35.5 Å². The minimum atomic E-state index is -2.41. The number of hydrogen-bond donors (Lipinski definition) is 1. The zero-order valence-electron chi connectivity index (χ0n) is 10.9. The largest absolute Gasteiger partial charge is 0.375 e. The summed E-state index contributed by atoms with van der Waals surface area (Å²) in [5, 5.41) is 4.33. The summed E-state index contributed by atoms with van der Waals surface area (Å²) in [7, 11) is 1.88. The fourth-order valence-electron chi connectivity index (χ4n) is 1.71. The maximum absolute atomic E-state index is 11.8. The van der Waals surface area contributed by atoms with Crippen molar-refractivity contribution in [3.8, 4) is 0 Å². The third-order valence-corrected chi connectivity index (χ3v) is 2.74. The molecular weight excluding hydrogens is 240 g/mol. The second-order valence-corrected chi connectivity index (χ2v) is 4.32. The Hall–Kier alpha value is -1.01. The minimum absolute atomic E-state index is 0.0946. The molecule has 104 valence electrons. The minimum Gasteiger partial charge on any atom is -0.375 e. The molecule has 0 radical (unpaired) electrons. The van der Waals surface area contributed by atoms with Gasteiger partial charge in [0.25, 0.3) is 6.43 Å². The van der Waals surface area contributed by atoms with Crippen LogP contribution in [0.4, 0.5) is 8.78 Å². The van der Waals surface area contributed by atoms with Crippen LogP contribution < -0.4 is 5.73 Å². The number of alkyl halides is 2. The first-order valence-electron chi connectivity index (χ1n) is 6.16. The van der Waals surface area contributed by atoms with E-state index in [1.807, 2.05) is 24.7 Å². The number of halogens is 2. The van der Waals surface area contributed by atoms with E-state index in [4.69, 9.17) is 10.5 Å². The summed E-state index contributed by atoms with van der Waals surface area (Å²) in [5.41, 5.74) is 8.03. The van der Waals surface area contributed by atoms with Gasteiger partial charge in [-0.15, -0.1) is 0 Å². The van der Waals surface area contributed by atoms with Gasteiger partial charge >= 0.3 is 0 Å². The van der Waals surface area contributed by atoms with E-state index in [-0.39, 0.29) is 12.6 Å². The molecule has 0 aromatic carbocycles. The predicted octanol–water partition coefficient (Wildman–Crippen LogP) is 1.52. The van der Waals surface area contributed by atoms with Gasteiger partial charge < -0.3 is 10.5 Å². The zero-order chi connectivity index (χ0) is 13.5. The first kappa shape index (κ1) is 15.0. The molecule has 1 heterocycles. The monoisotopic (exact) mass is 261 g/mol. The highest BCUT2D eigenvalue weighted by Gasteiger charge is 2.10. The van der Waals surface area contributed by atoms with Crippen LogP contribution in [0.2, 0.25) is 0 Å². The number of hydrogen-bond acceptors (Lipinski definition) is 3. The van der Waals surface area contributed by atoms with Crippen molar-refractivity contribution in [2.24, 2.45) is 12.8 Å². The first-order valence-corrected chi connectivity index (χ1v) is 6.16. The summed E-state index contributed by atoms with van der Waals surface area (Å²) < 4.78 is 30.3. The average molecular weight is 261 g/mol. The Bertz CT molecular complexity index is 355. The topological polar surface area (TPSA) is 53.1 Å². The second kappa shape index (κ2) is 7.43. The molecule has 0 aliphatic carbocycles. The zero-order valence-corrected chi connectivity index (χ0v) is 10.9. The third-order valence-electron chi connectivity index (χ3n) is 2.74. The number of aromatic nitrogens is 2. The molecule has 0 saturated carbocycles. The highest BCUT2D eigenvalue weighted by Crippen LogP contribution is 2.08. The van der Waals surface area contributed by atoms with Crippen LogP contribution in [0.15, 0.2) is 6.07 Å².